The maximum atomic E-state index is 13.6. The summed E-state index contributed by atoms with van der Waals surface area (Å²) in [5.74, 6) is 0. The highest BCUT2D eigenvalue weighted by atomic mass is 19.1. The van der Waals surface area contributed by atoms with Crippen LogP contribution in [0, 0.1) is 0 Å². The molecule has 1 aliphatic rings. The minimum Gasteiger partial charge on any atom is -0.444 e. The highest BCUT2D eigenvalue weighted by Crippen LogP contribution is 2.16. The predicted octanol–water partition coefficient (Wildman–Crippen LogP) is 1.55. The summed E-state index contributed by atoms with van der Waals surface area (Å²) >= 11 is 0. The molecule has 1 amide bonds. The largest absolute Gasteiger partial charge is 0.444 e. The molecule has 1 aliphatic heterocycles. The molecule has 94 valence electrons. The maximum Gasteiger partial charge on any atom is 0.410 e. The van der Waals surface area contributed by atoms with Crippen molar-refractivity contribution in [1.29, 1.82) is 0 Å². The van der Waals surface area contributed by atoms with E-state index in [2.05, 4.69) is 5.32 Å². The zero-order valence-corrected chi connectivity index (χ0v) is 10.4. The van der Waals surface area contributed by atoms with Gasteiger partial charge in [0.2, 0.25) is 0 Å². The fourth-order valence-electron chi connectivity index (χ4n) is 1.66. The number of hydrogen-bond acceptors (Lipinski definition) is 3. The molecule has 0 radical (unpaired) electrons. The summed E-state index contributed by atoms with van der Waals surface area (Å²) in [4.78, 5) is 13.1. The molecule has 0 aromatic heterocycles. The smallest absolute Gasteiger partial charge is 0.410 e. The molecular formula is C11H21FN2O2. The predicted molar refractivity (Wildman–Crippen MR) is 60.2 cm³/mol. The molecule has 16 heavy (non-hydrogen) atoms. The zero-order chi connectivity index (χ0) is 12.3. The van der Waals surface area contributed by atoms with E-state index in [1.54, 1.807) is 27.8 Å². The van der Waals surface area contributed by atoms with Crippen LogP contribution in [0.25, 0.3) is 0 Å². The van der Waals surface area contributed by atoms with Crippen LogP contribution in [0.2, 0.25) is 0 Å². The summed E-state index contributed by atoms with van der Waals surface area (Å²) < 4.78 is 18.8. The van der Waals surface area contributed by atoms with Gasteiger partial charge in [-0.2, -0.15) is 0 Å². The van der Waals surface area contributed by atoms with Crippen molar-refractivity contribution in [3.63, 3.8) is 0 Å². The Balaban J connectivity index is 2.55. The van der Waals surface area contributed by atoms with Crippen LogP contribution in [-0.2, 0) is 4.74 Å². The lowest BCUT2D eigenvalue weighted by molar-refractivity contribution is 0.00973. The molecule has 1 N–H and O–H groups in total. The Bertz CT molecular complexity index is 253. The van der Waals surface area contributed by atoms with Crippen LogP contribution in [0.4, 0.5) is 9.18 Å². The Morgan fingerprint density at radius 1 is 1.50 bits per heavy atom. The van der Waals surface area contributed by atoms with Crippen LogP contribution in [0.1, 0.15) is 27.2 Å². The second kappa shape index (κ2) is 4.99. The quantitative estimate of drug-likeness (QED) is 0.746. The molecule has 0 saturated carbocycles. The summed E-state index contributed by atoms with van der Waals surface area (Å²) in [6.07, 6.45) is -1.000. The van der Waals surface area contributed by atoms with E-state index in [4.69, 9.17) is 4.74 Å². The number of nitrogens with one attached hydrogen (secondary N) is 1. The SMILES string of the molecule is CN(C(=O)OC(C)(C)C)[C@@H]1CNCC[C@H]1F. The van der Waals surface area contributed by atoms with Crippen molar-refractivity contribution in [3.05, 3.63) is 0 Å². The van der Waals surface area contributed by atoms with E-state index in [-0.39, 0.29) is 0 Å². The lowest BCUT2D eigenvalue weighted by Crippen LogP contribution is -2.53. The van der Waals surface area contributed by atoms with Gasteiger partial charge >= 0.3 is 6.09 Å². The Morgan fingerprint density at radius 3 is 2.62 bits per heavy atom. The Labute approximate surface area is 96.1 Å². The van der Waals surface area contributed by atoms with E-state index in [1.165, 1.54) is 4.90 Å². The second-order valence-electron chi connectivity index (χ2n) is 5.17. The molecule has 0 spiro atoms. The molecule has 2 atom stereocenters. The first kappa shape index (κ1) is 13.2. The average molecular weight is 232 g/mol. The van der Waals surface area contributed by atoms with Crippen LogP contribution in [0.15, 0.2) is 0 Å². The van der Waals surface area contributed by atoms with Gasteiger partial charge in [0.1, 0.15) is 11.8 Å². The molecule has 4 nitrogen and oxygen atoms in total. The first-order valence-electron chi connectivity index (χ1n) is 5.62. The number of nitrogens with zero attached hydrogens (tertiary/aromatic N) is 1. The van der Waals surface area contributed by atoms with Gasteiger partial charge in [-0.05, 0) is 33.7 Å². The van der Waals surface area contributed by atoms with Crippen molar-refractivity contribution in [3.8, 4) is 0 Å². The normalized spacial score (nSPS) is 26.3. The van der Waals surface area contributed by atoms with Crippen LogP contribution >= 0.6 is 0 Å². The molecule has 1 rings (SSSR count). The Hall–Kier alpha value is -0.840. The van der Waals surface area contributed by atoms with Gasteiger partial charge in [0, 0.05) is 13.6 Å². The zero-order valence-electron chi connectivity index (χ0n) is 10.4. The van der Waals surface area contributed by atoms with Crippen molar-refractivity contribution in [2.24, 2.45) is 0 Å². The van der Waals surface area contributed by atoms with Gasteiger partial charge in [-0.1, -0.05) is 0 Å². The van der Waals surface area contributed by atoms with Crippen molar-refractivity contribution < 1.29 is 13.9 Å². The molecule has 0 aromatic rings. The van der Waals surface area contributed by atoms with E-state index < -0.39 is 23.9 Å². The van der Waals surface area contributed by atoms with Gasteiger partial charge in [-0.15, -0.1) is 0 Å². The molecular weight excluding hydrogens is 211 g/mol. The third-order valence-corrected chi connectivity index (χ3v) is 2.55. The molecule has 0 unspecified atom stereocenters. The number of hydrogen-bond donors (Lipinski definition) is 1. The van der Waals surface area contributed by atoms with Crippen LogP contribution in [0.5, 0.6) is 0 Å². The maximum absolute atomic E-state index is 13.6. The molecule has 1 heterocycles. The number of piperidine rings is 1. The van der Waals surface area contributed by atoms with Crippen LogP contribution in [0.3, 0.4) is 0 Å². The molecule has 0 aromatic carbocycles. The summed E-state index contributed by atoms with van der Waals surface area (Å²) in [7, 11) is 1.58. The standard InChI is InChI=1S/C11H21FN2O2/c1-11(2,3)16-10(15)14(4)9-7-13-6-5-8(9)12/h8-9,13H,5-7H2,1-4H3/t8-,9-/m1/s1. The number of likely N-dealkylation sites (N-methyl/N-ethyl adjacent to an activating group) is 1. The van der Waals surface area contributed by atoms with Crippen molar-refractivity contribution in [2.75, 3.05) is 20.1 Å². The number of rotatable bonds is 1. The minimum atomic E-state index is -0.973. The van der Waals surface area contributed by atoms with E-state index in [9.17, 15) is 9.18 Å². The lowest BCUT2D eigenvalue weighted by Gasteiger charge is -2.35. The van der Waals surface area contributed by atoms with E-state index >= 15 is 0 Å². The molecule has 5 heteroatoms. The monoisotopic (exact) mass is 232 g/mol. The van der Waals surface area contributed by atoms with Crippen molar-refractivity contribution in [2.45, 2.75) is 45.0 Å². The van der Waals surface area contributed by atoms with E-state index in [0.29, 0.717) is 19.5 Å². The number of ether oxygens (including phenoxy) is 1. The van der Waals surface area contributed by atoms with Crippen LogP contribution in [-0.4, -0.2) is 48.9 Å². The first-order valence-corrected chi connectivity index (χ1v) is 5.62. The third kappa shape index (κ3) is 3.63. The number of carbonyl (C=O) groups excluding carboxylic acids is 1. The van der Waals surface area contributed by atoms with E-state index in [0.717, 1.165) is 0 Å². The van der Waals surface area contributed by atoms with E-state index in [1.807, 2.05) is 0 Å². The van der Waals surface area contributed by atoms with Gasteiger partial charge in [-0.3, -0.25) is 0 Å². The highest BCUT2D eigenvalue weighted by molar-refractivity contribution is 5.68. The lowest BCUT2D eigenvalue weighted by atomic mass is 10.0. The molecule has 0 bridgehead atoms. The fourth-order valence-corrected chi connectivity index (χ4v) is 1.66. The minimum absolute atomic E-state index is 0.427. The topological polar surface area (TPSA) is 41.6 Å². The Kier molecular flexibility index (Phi) is 4.13. The molecule has 1 saturated heterocycles. The third-order valence-electron chi connectivity index (χ3n) is 2.55. The number of alkyl halides is 1. The summed E-state index contributed by atoms with van der Waals surface area (Å²) in [6.45, 7) is 6.54. The summed E-state index contributed by atoms with van der Waals surface area (Å²) in [5.41, 5.74) is -0.542. The van der Waals surface area contributed by atoms with Crippen LogP contribution < -0.4 is 5.32 Å². The number of carbonyl (C=O) groups is 1. The van der Waals surface area contributed by atoms with Crippen molar-refractivity contribution in [1.82, 2.24) is 10.2 Å². The van der Waals surface area contributed by atoms with Crippen molar-refractivity contribution >= 4 is 6.09 Å². The molecule has 1 fully saturated rings. The Morgan fingerprint density at radius 2 is 2.12 bits per heavy atom. The summed E-state index contributed by atoms with van der Waals surface area (Å²) in [5, 5.41) is 3.07. The van der Waals surface area contributed by atoms with Gasteiger partial charge in [0.25, 0.3) is 0 Å². The average Bonchev–Trinajstić information content (AvgIpc) is 2.15. The number of amides is 1. The first-order chi connectivity index (χ1) is 7.31. The second-order valence-corrected chi connectivity index (χ2v) is 5.17. The summed E-state index contributed by atoms with van der Waals surface area (Å²) in [6, 6.07) is -0.427. The van der Waals surface area contributed by atoms with Gasteiger partial charge in [0.15, 0.2) is 0 Å². The van der Waals surface area contributed by atoms with Gasteiger partial charge in [-0.25, -0.2) is 9.18 Å². The fraction of sp³-hybridized carbons (Fsp3) is 0.909. The van der Waals surface area contributed by atoms with Gasteiger partial charge < -0.3 is 15.0 Å². The highest BCUT2D eigenvalue weighted by Gasteiger charge is 2.32. The molecule has 0 aliphatic carbocycles. The van der Waals surface area contributed by atoms with Gasteiger partial charge in [0.05, 0.1) is 6.04 Å². The number of halogens is 1.